The summed E-state index contributed by atoms with van der Waals surface area (Å²) in [7, 11) is 0. The molecule has 1 saturated carbocycles. The molecule has 2 fully saturated rings. The number of aryl methyl sites for hydroxylation is 1. The van der Waals surface area contributed by atoms with Gasteiger partial charge in [0.05, 0.1) is 28.5 Å². The number of rotatable bonds is 5. The highest BCUT2D eigenvalue weighted by atomic mass is 16.6. The molecule has 2 aliphatic carbocycles. The van der Waals surface area contributed by atoms with Crippen LogP contribution >= 0.6 is 0 Å². The standard InChI is InChI=1S/C24H19N3O6/c1-13-2-4-14(5-3-13)24(30)33-19-9-8-18(27(31)32)11-17(19)12-25-26-22(28)20-15-6-7-16(10-15)21(20)23(26)29/h2-9,11-12,15-16,20-21H,10H2,1H3/t15-,16-,20-,21+/m0/s1. The minimum atomic E-state index is -0.649. The molecule has 9 nitrogen and oxygen atoms in total. The molecule has 0 spiro atoms. The average molecular weight is 445 g/mol. The van der Waals surface area contributed by atoms with Gasteiger partial charge in [0, 0.05) is 17.7 Å². The highest BCUT2D eigenvalue weighted by molar-refractivity contribution is 6.07. The summed E-state index contributed by atoms with van der Waals surface area (Å²) in [5.74, 6) is -2.11. The smallest absolute Gasteiger partial charge is 0.343 e. The van der Waals surface area contributed by atoms with E-state index >= 15 is 0 Å². The third-order valence-electron chi connectivity index (χ3n) is 6.45. The van der Waals surface area contributed by atoms with E-state index in [9.17, 15) is 24.5 Å². The Labute approximate surface area is 188 Å². The van der Waals surface area contributed by atoms with Gasteiger partial charge < -0.3 is 4.74 Å². The quantitative estimate of drug-likeness (QED) is 0.133. The van der Waals surface area contributed by atoms with Crippen molar-refractivity contribution >= 4 is 29.7 Å². The predicted octanol–water partition coefficient (Wildman–Crippen LogP) is 3.26. The van der Waals surface area contributed by atoms with Gasteiger partial charge in [0.25, 0.3) is 17.5 Å². The number of non-ortho nitro benzene ring substituents is 1. The van der Waals surface area contributed by atoms with Gasteiger partial charge >= 0.3 is 5.97 Å². The lowest BCUT2D eigenvalue weighted by Gasteiger charge is -2.13. The summed E-state index contributed by atoms with van der Waals surface area (Å²) in [5, 5.41) is 16.1. The molecule has 33 heavy (non-hydrogen) atoms. The number of nitro groups is 1. The maximum atomic E-state index is 12.8. The lowest BCUT2D eigenvalue weighted by atomic mass is 9.85. The molecule has 1 heterocycles. The first kappa shape index (κ1) is 20.7. The number of nitrogens with zero attached hydrogens (tertiary/aromatic N) is 3. The number of allylic oxidation sites excluding steroid dienone is 2. The Morgan fingerprint density at radius 1 is 1.09 bits per heavy atom. The fourth-order valence-electron chi connectivity index (χ4n) is 4.81. The number of ether oxygens (including phenoxy) is 1. The Morgan fingerprint density at radius 3 is 2.33 bits per heavy atom. The van der Waals surface area contributed by atoms with Gasteiger partial charge in [-0.15, -0.1) is 0 Å². The topological polar surface area (TPSA) is 119 Å². The molecule has 3 aliphatic rings. The van der Waals surface area contributed by atoms with Crippen molar-refractivity contribution in [2.45, 2.75) is 13.3 Å². The minimum Gasteiger partial charge on any atom is -0.422 e. The van der Waals surface area contributed by atoms with Crippen LogP contribution in [0.3, 0.4) is 0 Å². The molecule has 2 aromatic rings. The van der Waals surface area contributed by atoms with Gasteiger partial charge in [-0.1, -0.05) is 29.8 Å². The van der Waals surface area contributed by atoms with Crippen LogP contribution in [-0.2, 0) is 9.59 Å². The van der Waals surface area contributed by atoms with E-state index < -0.39 is 22.7 Å². The van der Waals surface area contributed by atoms with Crippen LogP contribution in [0, 0.1) is 40.7 Å². The van der Waals surface area contributed by atoms with Gasteiger partial charge in [0.15, 0.2) is 0 Å². The molecule has 2 amide bonds. The van der Waals surface area contributed by atoms with Crippen molar-refractivity contribution in [2.24, 2.45) is 28.8 Å². The number of hydrazone groups is 1. The molecular weight excluding hydrogens is 426 g/mol. The molecule has 0 N–H and O–H groups in total. The number of hydrogen-bond acceptors (Lipinski definition) is 7. The van der Waals surface area contributed by atoms with Gasteiger partial charge in [0.1, 0.15) is 5.75 Å². The first-order valence-electron chi connectivity index (χ1n) is 10.5. The molecule has 2 bridgehead atoms. The Kier molecular flexibility index (Phi) is 4.88. The van der Waals surface area contributed by atoms with Crippen molar-refractivity contribution in [3.05, 3.63) is 81.4 Å². The lowest BCUT2D eigenvalue weighted by Crippen LogP contribution is -2.28. The van der Waals surface area contributed by atoms with Crippen LogP contribution in [-0.4, -0.2) is 33.9 Å². The van der Waals surface area contributed by atoms with Crippen molar-refractivity contribution < 1.29 is 24.0 Å². The number of fused-ring (bicyclic) bond motifs is 5. The predicted molar refractivity (Wildman–Crippen MR) is 116 cm³/mol. The Morgan fingerprint density at radius 2 is 1.73 bits per heavy atom. The zero-order chi connectivity index (χ0) is 23.3. The monoisotopic (exact) mass is 445 g/mol. The Hall–Kier alpha value is -4.14. The fourth-order valence-corrected chi connectivity index (χ4v) is 4.81. The third-order valence-corrected chi connectivity index (χ3v) is 6.45. The lowest BCUT2D eigenvalue weighted by molar-refractivity contribution is -0.384. The van der Waals surface area contributed by atoms with Gasteiger partial charge in [0.2, 0.25) is 0 Å². The van der Waals surface area contributed by atoms with Crippen molar-refractivity contribution in [3.8, 4) is 5.75 Å². The van der Waals surface area contributed by atoms with Crippen molar-refractivity contribution in [2.75, 3.05) is 0 Å². The van der Waals surface area contributed by atoms with Crippen molar-refractivity contribution in [1.29, 1.82) is 0 Å². The number of carbonyl (C=O) groups is 3. The number of esters is 1. The third kappa shape index (κ3) is 3.51. The molecule has 9 heteroatoms. The largest absolute Gasteiger partial charge is 0.422 e. The van der Waals surface area contributed by atoms with Gasteiger partial charge in [-0.25, -0.2) is 4.79 Å². The van der Waals surface area contributed by atoms with Crippen molar-refractivity contribution in [1.82, 2.24) is 5.01 Å². The minimum absolute atomic E-state index is 0.0240. The number of imide groups is 1. The zero-order valence-electron chi connectivity index (χ0n) is 17.6. The Balaban J connectivity index is 1.42. The number of hydrogen-bond donors (Lipinski definition) is 0. The zero-order valence-corrected chi connectivity index (χ0v) is 17.6. The molecule has 166 valence electrons. The van der Waals surface area contributed by atoms with Gasteiger partial charge in [-0.05, 0) is 43.4 Å². The molecule has 5 rings (SSSR count). The average Bonchev–Trinajstić information content (AvgIpc) is 3.47. The second kappa shape index (κ2) is 7.77. The highest BCUT2D eigenvalue weighted by Crippen LogP contribution is 2.52. The van der Waals surface area contributed by atoms with E-state index in [2.05, 4.69) is 5.10 Å². The van der Waals surface area contributed by atoms with E-state index in [0.717, 1.165) is 23.2 Å². The summed E-state index contributed by atoms with van der Waals surface area (Å²) < 4.78 is 5.44. The molecule has 1 aliphatic heterocycles. The van der Waals surface area contributed by atoms with E-state index in [1.165, 1.54) is 18.2 Å². The summed E-state index contributed by atoms with van der Waals surface area (Å²) in [6, 6.07) is 10.4. The number of benzene rings is 2. The second-order valence-corrected chi connectivity index (χ2v) is 8.47. The van der Waals surface area contributed by atoms with E-state index in [-0.39, 0.29) is 40.7 Å². The fraction of sp³-hybridized carbons (Fsp3) is 0.250. The summed E-state index contributed by atoms with van der Waals surface area (Å²) in [4.78, 5) is 48.8. The van der Waals surface area contributed by atoms with Crippen molar-refractivity contribution in [3.63, 3.8) is 0 Å². The summed E-state index contributed by atoms with van der Waals surface area (Å²) in [5.41, 5.74) is 1.14. The molecular formula is C24H19N3O6. The molecule has 0 unspecified atom stereocenters. The van der Waals surface area contributed by atoms with Crippen LogP contribution in [0.15, 0.2) is 59.7 Å². The SMILES string of the molecule is Cc1ccc(C(=O)Oc2ccc([N+](=O)[O-])cc2C=NN2C(=O)[C@@H]3[C@H](C2=O)[C@H]2C=C[C@H]3C2)cc1. The molecule has 0 radical (unpaired) electrons. The summed E-state index contributed by atoms with van der Waals surface area (Å²) in [6.07, 6.45) is 5.91. The maximum absolute atomic E-state index is 12.8. The molecule has 0 aromatic heterocycles. The van der Waals surface area contributed by atoms with Crippen LogP contribution in [0.25, 0.3) is 0 Å². The first-order chi connectivity index (χ1) is 15.8. The van der Waals surface area contributed by atoms with E-state index in [4.69, 9.17) is 4.74 Å². The van der Waals surface area contributed by atoms with Crippen LogP contribution in [0.4, 0.5) is 5.69 Å². The normalized spacial score (nSPS) is 25.2. The number of nitro benzene ring substituents is 1. The van der Waals surface area contributed by atoms with Crippen LogP contribution in [0.5, 0.6) is 5.75 Å². The molecule has 1 saturated heterocycles. The first-order valence-corrected chi connectivity index (χ1v) is 10.5. The van der Waals surface area contributed by atoms with E-state index in [1.54, 1.807) is 24.3 Å². The van der Waals surface area contributed by atoms with Gasteiger partial charge in [-0.3, -0.25) is 19.7 Å². The van der Waals surface area contributed by atoms with Gasteiger partial charge in [-0.2, -0.15) is 10.1 Å². The number of carbonyl (C=O) groups excluding carboxylic acids is 3. The van der Waals surface area contributed by atoms with Crippen LogP contribution < -0.4 is 4.74 Å². The summed E-state index contributed by atoms with van der Waals surface area (Å²) in [6.45, 7) is 1.89. The van der Waals surface area contributed by atoms with Crippen LogP contribution in [0.2, 0.25) is 0 Å². The van der Waals surface area contributed by atoms with E-state index in [0.29, 0.717) is 5.56 Å². The highest BCUT2D eigenvalue weighted by Gasteiger charge is 2.59. The molecule has 2 aromatic carbocycles. The second-order valence-electron chi connectivity index (χ2n) is 8.47. The molecule has 4 atom stereocenters. The maximum Gasteiger partial charge on any atom is 0.343 e. The van der Waals surface area contributed by atoms with E-state index in [1.807, 2.05) is 19.1 Å². The Bertz CT molecular complexity index is 1220. The summed E-state index contributed by atoms with van der Waals surface area (Å²) >= 11 is 0. The number of amides is 2. The van der Waals surface area contributed by atoms with Crippen LogP contribution in [0.1, 0.15) is 27.9 Å².